The minimum atomic E-state index is 0.712. The summed E-state index contributed by atoms with van der Waals surface area (Å²) in [4.78, 5) is 5.00. The Morgan fingerprint density at radius 1 is 1.21 bits per heavy atom. The number of hydrogen-bond donors (Lipinski definition) is 0. The van der Waals surface area contributed by atoms with Crippen LogP contribution in [0, 0.1) is 5.92 Å². The predicted molar refractivity (Wildman–Crippen MR) is 99.2 cm³/mol. The molecule has 2 heterocycles. The standard InChI is InChI=1S/C19H27ClN4/c1-22(11-12-24-16-19(20)13-21-24)14-18-7-9-23(10-8-18)15-17-5-3-2-4-6-17/h2-6,13,16,18H,7-12,14-15H2,1H3. The van der Waals surface area contributed by atoms with Gasteiger partial charge in [0.2, 0.25) is 0 Å². The Hall–Kier alpha value is -1.36. The smallest absolute Gasteiger partial charge is 0.0785 e. The number of halogens is 1. The van der Waals surface area contributed by atoms with E-state index in [0.717, 1.165) is 25.6 Å². The quantitative estimate of drug-likeness (QED) is 0.768. The number of benzene rings is 1. The Bertz CT molecular complexity index is 605. The lowest BCUT2D eigenvalue weighted by Gasteiger charge is -2.34. The Morgan fingerprint density at radius 2 is 1.96 bits per heavy atom. The van der Waals surface area contributed by atoms with Crippen molar-refractivity contribution in [2.24, 2.45) is 5.92 Å². The first kappa shape index (κ1) is 17.5. The van der Waals surface area contributed by atoms with E-state index in [9.17, 15) is 0 Å². The van der Waals surface area contributed by atoms with Gasteiger partial charge in [0.15, 0.2) is 0 Å². The van der Waals surface area contributed by atoms with E-state index >= 15 is 0 Å². The molecule has 0 bridgehead atoms. The molecule has 1 aliphatic heterocycles. The first-order chi connectivity index (χ1) is 11.7. The van der Waals surface area contributed by atoms with E-state index in [1.54, 1.807) is 6.20 Å². The van der Waals surface area contributed by atoms with Gasteiger partial charge in [-0.3, -0.25) is 9.58 Å². The van der Waals surface area contributed by atoms with Crippen LogP contribution < -0.4 is 0 Å². The highest BCUT2D eigenvalue weighted by Crippen LogP contribution is 2.19. The topological polar surface area (TPSA) is 24.3 Å². The fraction of sp³-hybridized carbons (Fsp3) is 0.526. The summed E-state index contributed by atoms with van der Waals surface area (Å²) in [6.07, 6.45) is 6.18. The third-order valence-electron chi connectivity index (χ3n) is 4.84. The van der Waals surface area contributed by atoms with Gasteiger partial charge in [-0.25, -0.2) is 0 Å². The van der Waals surface area contributed by atoms with Crippen molar-refractivity contribution in [3.05, 3.63) is 53.3 Å². The maximum absolute atomic E-state index is 5.90. The van der Waals surface area contributed by atoms with Crippen LogP contribution in [0.25, 0.3) is 0 Å². The molecule has 0 amide bonds. The maximum atomic E-state index is 5.90. The number of piperidine rings is 1. The number of aromatic nitrogens is 2. The average molecular weight is 347 g/mol. The molecule has 2 aromatic rings. The summed E-state index contributed by atoms with van der Waals surface area (Å²) in [7, 11) is 2.21. The monoisotopic (exact) mass is 346 g/mol. The van der Waals surface area contributed by atoms with Crippen molar-refractivity contribution in [3.63, 3.8) is 0 Å². The minimum Gasteiger partial charge on any atom is -0.304 e. The zero-order valence-electron chi connectivity index (χ0n) is 14.4. The second kappa shape index (κ2) is 8.65. The fourth-order valence-electron chi connectivity index (χ4n) is 3.43. The molecule has 0 saturated carbocycles. The summed E-state index contributed by atoms with van der Waals surface area (Å²) < 4.78 is 1.92. The Kier molecular flexibility index (Phi) is 6.30. The second-order valence-corrected chi connectivity index (χ2v) is 7.33. The molecule has 3 rings (SSSR count). The van der Waals surface area contributed by atoms with E-state index in [2.05, 4.69) is 52.3 Å². The van der Waals surface area contributed by atoms with E-state index in [4.69, 9.17) is 11.6 Å². The molecule has 1 saturated heterocycles. The molecule has 24 heavy (non-hydrogen) atoms. The number of likely N-dealkylation sites (N-methyl/N-ethyl adjacent to an activating group) is 1. The van der Waals surface area contributed by atoms with Crippen LogP contribution in [0.15, 0.2) is 42.7 Å². The molecule has 0 aliphatic carbocycles. The van der Waals surface area contributed by atoms with Crippen molar-refractivity contribution >= 4 is 11.6 Å². The van der Waals surface area contributed by atoms with Crippen molar-refractivity contribution in [3.8, 4) is 0 Å². The number of likely N-dealkylation sites (tertiary alicyclic amines) is 1. The SMILES string of the molecule is CN(CCn1cc(Cl)cn1)CC1CCN(Cc2ccccc2)CC1. The molecule has 0 spiro atoms. The van der Waals surface area contributed by atoms with E-state index in [1.807, 2.05) is 10.9 Å². The van der Waals surface area contributed by atoms with Crippen molar-refractivity contribution in [2.75, 3.05) is 33.2 Å². The molecule has 1 aromatic carbocycles. The third kappa shape index (κ3) is 5.33. The molecule has 1 aliphatic rings. The van der Waals surface area contributed by atoms with Crippen LogP contribution in [0.2, 0.25) is 5.02 Å². The molecule has 0 atom stereocenters. The van der Waals surface area contributed by atoms with E-state index in [0.29, 0.717) is 5.02 Å². The molecule has 130 valence electrons. The molecular weight excluding hydrogens is 320 g/mol. The molecule has 5 heteroatoms. The van der Waals surface area contributed by atoms with Gasteiger partial charge in [-0.1, -0.05) is 41.9 Å². The lowest BCUT2D eigenvalue weighted by Crippen LogP contribution is -2.38. The molecular formula is C19H27ClN4. The van der Waals surface area contributed by atoms with Crippen LogP contribution in [0.5, 0.6) is 0 Å². The van der Waals surface area contributed by atoms with Crippen LogP contribution in [0.1, 0.15) is 18.4 Å². The minimum absolute atomic E-state index is 0.712. The zero-order valence-corrected chi connectivity index (χ0v) is 15.2. The summed E-state index contributed by atoms with van der Waals surface area (Å²) in [6.45, 7) is 6.60. The first-order valence-electron chi connectivity index (χ1n) is 8.82. The van der Waals surface area contributed by atoms with Gasteiger partial charge in [0.25, 0.3) is 0 Å². The summed E-state index contributed by atoms with van der Waals surface area (Å²) >= 11 is 5.90. The van der Waals surface area contributed by atoms with Crippen molar-refractivity contribution < 1.29 is 0 Å². The van der Waals surface area contributed by atoms with Crippen molar-refractivity contribution in [2.45, 2.75) is 25.9 Å². The second-order valence-electron chi connectivity index (χ2n) is 6.89. The van der Waals surface area contributed by atoms with Gasteiger partial charge in [-0.2, -0.15) is 5.10 Å². The van der Waals surface area contributed by atoms with Gasteiger partial charge < -0.3 is 4.90 Å². The lowest BCUT2D eigenvalue weighted by atomic mass is 9.96. The van der Waals surface area contributed by atoms with Gasteiger partial charge in [0.05, 0.1) is 17.8 Å². The molecule has 0 radical (unpaired) electrons. The molecule has 1 aromatic heterocycles. The van der Waals surface area contributed by atoms with Crippen LogP contribution in [-0.2, 0) is 13.1 Å². The summed E-state index contributed by atoms with van der Waals surface area (Å²) in [5.41, 5.74) is 1.42. The summed E-state index contributed by atoms with van der Waals surface area (Å²) in [5, 5.41) is 4.95. The Balaban J connectivity index is 1.35. The summed E-state index contributed by atoms with van der Waals surface area (Å²) in [5.74, 6) is 0.809. The lowest BCUT2D eigenvalue weighted by molar-refractivity contribution is 0.147. The van der Waals surface area contributed by atoms with E-state index < -0.39 is 0 Å². The van der Waals surface area contributed by atoms with Crippen LogP contribution in [-0.4, -0.2) is 52.8 Å². The van der Waals surface area contributed by atoms with Gasteiger partial charge >= 0.3 is 0 Å². The molecule has 0 N–H and O–H groups in total. The van der Waals surface area contributed by atoms with Gasteiger partial charge in [-0.15, -0.1) is 0 Å². The average Bonchev–Trinajstić information content (AvgIpc) is 3.01. The third-order valence-corrected chi connectivity index (χ3v) is 5.03. The molecule has 0 unspecified atom stereocenters. The zero-order chi connectivity index (χ0) is 16.8. The number of nitrogens with zero attached hydrogens (tertiary/aromatic N) is 4. The van der Waals surface area contributed by atoms with E-state index in [1.165, 1.54) is 38.0 Å². The highest BCUT2D eigenvalue weighted by atomic mass is 35.5. The molecule has 4 nitrogen and oxygen atoms in total. The van der Waals surface area contributed by atoms with Crippen LogP contribution in [0.4, 0.5) is 0 Å². The fourth-order valence-corrected chi connectivity index (χ4v) is 3.59. The van der Waals surface area contributed by atoms with Crippen molar-refractivity contribution in [1.82, 2.24) is 19.6 Å². The van der Waals surface area contributed by atoms with Gasteiger partial charge in [0, 0.05) is 25.8 Å². The van der Waals surface area contributed by atoms with Crippen molar-refractivity contribution in [1.29, 1.82) is 0 Å². The number of rotatable bonds is 7. The Labute approximate surface area is 150 Å². The number of hydrogen-bond acceptors (Lipinski definition) is 3. The van der Waals surface area contributed by atoms with Gasteiger partial charge in [0.1, 0.15) is 0 Å². The highest BCUT2D eigenvalue weighted by molar-refractivity contribution is 6.30. The largest absolute Gasteiger partial charge is 0.304 e. The highest BCUT2D eigenvalue weighted by Gasteiger charge is 2.20. The van der Waals surface area contributed by atoms with E-state index in [-0.39, 0.29) is 0 Å². The van der Waals surface area contributed by atoms with Crippen LogP contribution >= 0.6 is 11.6 Å². The Morgan fingerprint density at radius 3 is 2.62 bits per heavy atom. The normalized spacial score (nSPS) is 16.8. The maximum Gasteiger partial charge on any atom is 0.0785 e. The molecule has 1 fully saturated rings. The van der Waals surface area contributed by atoms with Gasteiger partial charge in [-0.05, 0) is 44.5 Å². The summed E-state index contributed by atoms with van der Waals surface area (Å²) in [6, 6.07) is 10.8. The predicted octanol–water partition coefficient (Wildman–Crippen LogP) is 3.38. The van der Waals surface area contributed by atoms with Crippen LogP contribution in [0.3, 0.4) is 0 Å². The first-order valence-corrected chi connectivity index (χ1v) is 9.19.